The van der Waals surface area contributed by atoms with Gasteiger partial charge in [0.05, 0.1) is 17.9 Å². The van der Waals surface area contributed by atoms with E-state index in [-0.39, 0.29) is 11.3 Å². The van der Waals surface area contributed by atoms with Gasteiger partial charge < -0.3 is 14.6 Å². The number of nitrogens with zero attached hydrogens (tertiary/aromatic N) is 3. The first-order chi connectivity index (χ1) is 15.0. The van der Waals surface area contributed by atoms with E-state index in [4.69, 9.17) is 0 Å². The molecule has 1 unspecified atom stereocenters. The second-order valence-electron chi connectivity index (χ2n) is 7.88. The third kappa shape index (κ3) is 4.01. The summed E-state index contributed by atoms with van der Waals surface area (Å²) in [6.45, 7) is 4.89. The van der Waals surface area contributed by atoms with Gasteiger partial charge in [0.2, 0.25) is 0 Å². The Labute approximate surface area is 181 Å². The molecule has 0 aliphatic carbocycles. The molecular weight excluding hydrogens is 390 g/mol. The van der Waals surface area contributed by atoms with E-state index in [0.717, 1.165) is 16.7 Å². The maximum absolute atomic E-state index is 13.1. The molecule has 2 aromatic carbocycles. The van der Waals surface area contributed by atoms with Gasteiger partial charge in [-0.05, 0) is 37.5 Å². The number of hydrogen-bond donors (Lipinski definition) is 1. The molecule has 6 nitrogen and oxygen atoms in total. The first kappa shape index (κ1) is 20.6. The first-order valence-corrected chi connectivity index (χ1v) is 10.3. The summed E-state index contributed by atoms with van der Waals surface area (Å²) in [4.78, 5) is 31.7. The van der Waals surface area contributed by atoms with Crippen LogP contribution in [0, 0.1) is 13.8 Å². The second-order valence-corrected chi connectivity index (χ2v) is 7.88. The molecule has 31 heavy (non-hydrogen) atoms. The molecule has 2 heterocycles. The predicted molar refractivity (Wildman–Crippen MR) is 118 cm³/mol. The smallest absolute Gasteiger partial charge is 0.295 e. The highest BCUT2D eigenvalue weighted by Crippen LogP contribution is 2.39. The highest BCUT2D eigenvalue weighted by molar-refractivity contribution is 6.46. The molecule has 0 radical (unpaired) electrons. The number of carbonyl (C=O) groups excluding carboxylic acids is 2. The van der Waals surface area contributed by atoms with Crippen LogP contribution >= 0.6 is 0 Å². The minimum absolute atomic E-state index is 0.120. The molecule has 1 N–H and O–H groups in total. The number of rotatable bonds is 6. The van der Waals surface area contributed by atoms with E-state index in [9.17, 15) is 14.7 Å². The van der Waals surface area contributed by atoms with Gasteiger partial charge in [0.1, 0.15) is 5.76 Å². The SMILES string of the molecule is Cc1ccc(C)c(/C(O)=C2/C(=O)C(=O)N(CCCn3ccnc3)C2c2ccccc2)c1. The molecule has 1 aliphatic rings. The summed E-state index contributed by atoms with van der Waals surface area (Å²) < 4.78 is 1.93. The second kappa shape index (κ2) is 8.60. The van der Waals surface area contributed by atoms with Gasteiger partial charge in [-0.1, -0.05) is 48.0 Å². The van der Waals surface area contributed by atoms with E-state index in [0.29, 0.717) is 25.1 Å². The quantitative estimate of drug-likeness (QED) is 0.375. The number of likely N-dealkylation sites (tertiary alicyclic amines) is 1. The number of aryl methyl sites for hydroxylation is 3. The Morgan fingerprint density at radius 3 is 2.55 bits per heavy atom. The fraction of sp³-hybridized carbons (Fsp3) is 0.240. The Hall–Kier alpha value is -3.67. The average Bonchev–Trinajstić information content (AvgIpc) is 3.38. The molecule has 1 saturated heterocycles. The summed E-state index contributed by atoms with van der Waals surface area (Å²) in [5.74, 6) is -1.34. The molecule has 1 aliphatic heterocycles. The van der Waals surface area contributed by atoms with E-state index >= 15 is 0 Å². The predicted octanol–water partition coefficient (Wildman–Crippen LogP) is 4.01. The Bertz CT molecular complexity index is 1130. The number of carbonyl (C=O) groups is 2. The lowest BCUT2D eigenvalue weighted by Gasteiger charge is -2.25. The van der Waals surface area contributed by atoms with Crippen molar-refractivity contribution >= 4 is 17.4 Å². The van der Waals surface area contributed by atoms with Gasteiger partial charge in [0.15, 0.2) is 0 Å². The van der Waals surface area contributed by atoms with Crippen LogP contribution in [0.4, 0.5) is 0 Å². The van der Waals surface area contributed by atoms with E-state index in [1.54, 1.807) is 17.4 Å². The van der Waals surface area contributed by atoms with Crippen molar-refractivity contribution in [1.29, 1.82) is 0 Å². The fourth-order valence-electron chi connectivity index (χ4n) is 4.07. The van der Waals surface area contributed by atoms with Crippen LogP contribution in [-0.4, -0.2) is 37.8 Å². The van der Waals surface area contributed by atoms with Crippen LogP contribution in [0.3, 0.4) is 0 Å². The van der Waals surface area contributed by atoms with Gasteiger partial charge in [-0.3, -0.25) is 9.59 Å². The molecule has 1 aromatic heterocycles. The van der Waals surface area contributed by atoms with Crippen molar-refractivity contribution in [2.45, 2.75) is 32.9 Å². The third-order valence-electron chi connectivity index (χ3n) is 5.68. The van der Waals surface area contributed by atoms with Crippen molar-refractivity contribution in [3.63, 3.8) is 0 Å². The van der Waals surface area contributed by atoms with Crippen molar-refractivity contribution in [1.82, 2.24) is 14.5 Å². The van der Waals surface area contributed by atoms with Crippen LogP contribution < -0.4 is 0 Å². The standard InChI is InChI=1S/C25H25N3O3/c1-17-9-10-18(2)20(15-17)23(29)21-22(19-7-4-3-5-8-19)28(25(31)24(21)30)13-6-12-27-14-11-26-16-27/h3-5,7-11,14-16,22,29H,6,12-13H2,1-2H3/b23-21-. The van der Waals surface area contributed by atoms with Gasteiger partial charge in [0.25, 0.3) is 11.7 Å². The number of aliphatic hydroxyl groups excluding tert-OH is 1. The highest BCUT2D eigenvalue weighted by atomic mass is 16.3. The lowest BCUT2D eigenvalue weighted by Crippen LogP contribution is -2.31. The third-order valence-corrected chi connectivity index (χ3v) is 5.68. The van der Waals surface area contributed by atoms with Crippen molar-refractivity contribution in [3.8, 4) is 0 Å². The number of Topliss-reactive ketones (excluding diaryl/α,β-unsaturated/α-hetero) is 1. The van der Waals surface area contributed by atoms with E-state index in [1.165, 1.54) is 0 Å². The van der Waals surface area contributed by atoms with Crippen molar-refractivity contribution in [3.05, 3.63) is 95.1 Å². The topological polar surface area (TPSA) is 75.4 Å². The molecule has 1 fully saturated rings. The van der Waals surface area contributed by atoms with Crippen molar-refractivity contribution in [2.24, 2.45) is 0 Å². The molecule has 0 spiro atoms. The molecule has 0 bridgehead atoms. The summed E-state index contributed by atoms with van der Waals surface area (Å²) in [5.41, 5.74) is 3.35. The van der Waals surface area contributed by atoms with E-state index in [1.807, 2.05) is 73.1 Å². The minimum atomic E-state index is -0.644. The Morgan fingerprint density at radius 2 is 1.84 bits per heavy atom. The molecule has 1 atom stereocenters. The molecule has 158 valence electrons. The molecule has 0 saturated carbocycles. The Kier molecular flexibility index (Phi) is 5.71. The molecule has 6 heteroatoms. The number of benzene rings is 2. The number of amides is 1. The number of hydrogen-bond acceptors (Lipinski definition) is 4. The Balaban J connectivity index is 1.75. The molecular formula is C25H25N3O3. The summed E-state index contributed by atoms with van der Waals surface area (Å²) in [7, 11) is 0. The van der Waals surface area contributed by atoms with Crippen LogP contribution in [0.2, 0.25) is 0 Å². The van der Waals surface area contributed by atoms with E-state index < -0.39 is 17.7 Å². The van der Waals surface area contributed by atoms with Gasteiger partial charge in [-0.25, -0.2) is 4.98 Å². The minimum Gasteiger partial charge on any atom is -0.507 e. The van der Waals surface area contributed by atoms with Crippen LogP contribution in [-0.2, 0) is 16.1 Å². The van der Waals surface area contributed by atoms with Crippen molar-refractivity contribution < 1.29 is 14.7 Å². The normalized spacial score (nSPS) is 18.0. The maximum atomic E-state index is 13.1. The van der Waals surface area contributed by atoms with Crippen molar-refractivity contribution in [2.75, 3.05) is 6.54 Å². The largest absolute Gasteiger partial charge is 0.507 e. The van der Waals surface area contributed by atoms with Crippen LogP contribution in [0.25, 0.3) is 5.76 Å². The zero-order chi connectivity index (χ0) is 22.0. The lowest BCUT2D eigenvalue weighted by atomic mass is 9.93. The number of imidazole rings is 1. The van der Waals surface area contributed by atoms with Crippen LogP contribution in [0.5, 0.6) is 0 Å². The fourth-order valence-corrected chi connectivity index (χ4v) is 4.07. The number of aliphatic hydroxyl groups is 1. The average molecular weight is 415 g/mol. The molecule has 4 rings (SSSR count). The molecule has 3 aromatic rings. The Morgan fingerprint density at radius 1 is 1.06 bits per heavy atom. The monoisotopic (exact) mass is 415 g/mol. The summed E-state index contributed by atoms with van der Waals surface area (Å²) in [5, 5.41) is 11.2. The summed E-state index contributed by atoms with van der Waals surface area (Å²) in [6, 6.07) is 14.5. The highest BCUT2D eigenvalue weighted by Gasteiger charge is 2.45. The lowest BCUT2D eigenvalue weighted by molar-refractivity contribution is -0.139. The van der Waals surface area contributed by atoms with Crippen LogP contribution in [0.1, 0.15) is 34.7 Å². The molecule has 1 amide bonds. The summed E-state index contributed by atoms with van der Waals surface area (Å²) in [6.07, 6.45) is 5.96. The van der Waals surface area contributed by atoms with Crippen LogP contribution in [0.15, 0.2) is 72.8 Å². The van der Waals surface area contributed by atoms with Gasteiger partial charge in [-0.15, -0.1) is 0 Å². The first-order valence-electron chi connectivity index (χ1n) is 10.3. The van der Waals surface area contributed by atoms with Gasteiger partial charge in [0, 0.05) is 31.0 Å². The summed E-state index contributed by atoms with van der Waals surface area (Å²) >= 11 is 0. The zero-order valence-corrected chi connectivity index (χ0v) is 17.7. The van der Waals surface area contributed by atoms with E-state index in [2.05, 4.69) is 4.98 Å². The number of aromatic nitrogens is 2. The number of ketones is 1. The maximum Gasteiger partial charge on any atom is 0.295 e. The van der Waals surface area contributed by atoms with Gasteiger partial charge >= 0.3 is 0 Å². The van der Waals surface area contributed by atoms with Gasteiger partial charge in [-0.2, -0.15) is 0 Å². The zero-order valence-electron chi connectivity index (χ0n) is 17.7.